The maximum absolute atomic E-state index is 11.4. The summed E-state index contributed by atoms with van der Waals surface area (Å²) < 4.78 is 5.57. The Hall–Kier alpha value is -1.75. The average Bonchev–Trinajstić information content (AvgIpc) is 2.63. The minimum Gasteiger partial charge on any atom is -0.446 e. The van der Waals surface area contributed by atoms with E-state index in [0.29, 0.717) is 0 Å². The first-order chi connectivity index (χ1) is 9.20. The molecule has 0 heterocycles. The van der Waals surface area contributed by atoms with Gasteiger partial charge in [0.1, 0.15) is 0 Å². The van der Waals surface area contributed by atoms with Crippen molar-refractivity contribution in [1.82, 2.24) is 0 Å². The van der Waals surface area contributed by atoms with E-state index in [4.69, 9.17) is 4.74 Å². The number of rotatable bonds is 1. The molecule has 1 aromatic rings. The van der Waals surface area contributed by atoms with E-state index < -0.39 is 5.60 Å². The van der Waals surface area contributed by atoms with Crippen molar-refractivity contribution in [3.8, 4) is 11.8 Å². The zero-order valence-electron chi connectivity index (χ0n) is 11.4. The zero-order valence-corrected chi connectivity index (χ0v) is 11.4. The molecular formula is C17H20O2. The van der Waals surface area contributed by atoms with Crippen LogP contribution in [0.4, 0.5) is 0 Å². The highest BCUT2D eigenvalue weighted by Gasteiger charge is 2.32. The van der Waals surface area contributed by atoms with Crippen LogP contribution >= 0.6 is 0 Å². The number of benzene rings is 1. The molecule has 0 N–H and O–H groups in total. The monoisotopic (exact) mass is 256 g/mol. The molecule has 0 amide bonds. The summed E-state index contributed by atoms with van der Waals surface area (Å²) in [6.07, 6.45) is 6.28. The third kappa shape index (κ3) is 4.13. The van der Waals surface area contributed by atoms with Crippen LogP contribution in [0.15, 0.2) is 30.3 Å². The molecule has 0 radical (unpaired) electrons. The Labute approximate surface area is 115 Å². The van der Waals surface area contributed by atoms with Crippen molar-refractivity contribution in [2.75, 3.05) is 0 Å². The van der Waals surface area contributed by atoms with Gasteiger partial charge in [-0.25, -0.2) is 0 Å². The molecule has 1 aliphatic rings. The van der Waals surface area contributed by atoms with Gasteiger partial charge >= 0.3 is 5.97 Å². The van der Waals surface area contributed by atoms with Crippen LogP contribution in [-0.2, 0) is 9.53 Å². The number of carbonyl (C=O) groups is 1. The van der Waals surface area contributed by atoms with Crippen LogP contribution < -0.4 is 0 Å². The van der Waals surface area contributed by atoms with Gasteiger partial charge in [-0.05, 0) is 43.7 Å². The van der Waals surface area contributed by atoms with Crippen LogP contribution in [0, 0.1) is 11.8 Å². The minimum absolute atomic E-state index is 0.232. The SMILES string of the molecule is CC(=O)OC1(C#Cc2ccccc2)CCCCCC1. The van der Waals surface area contributed by atoms with E-state index in [0.717, 1.165) is 31.2 Å². The maximum atomic E-state index is 11.4. The highest BCUT2D eigenvalue weighted by atomic mass is 16.6. The van der Waals surface area contributed by atoms with E-state index in [1.54, 1.807) is 0 Å². The average molecular weight is 256 g/mol. The van der Waals surface area contributed by atoms with Crippen LogP contribution in [0.25, 0.3) is 0 Å². The molecule has 0 unspecified atom stereocenters. The molecule has 2 nitrogen and oxygen atoms in total. The van der Waals surface area contributed by atoms with Gasteiger partial charge in [-0.15, -0.1) is 0 Å². The first-order valence-electron chi connectivity index (χ1n) is 6.98. The molecular weight excluding hydrogens is 236 g/mol. The normalized spacial score (nSPS) is 17.7. The number of carbonyl (C=O) groups excluding carboxylic acids is 1. The molecule has 2 rings (SSSR count). The topological polar surface area (TPSA) is 26.3 Å². The Balaban J connectivity index is 2.22. The molecule has 1 saturated carbocycles. The fourth-order valence-corrected chi connectivity index (χ4v) is 2.53. The van der Waals surface area contributed by atoms with Crippen molar-refractivity contribution in [1.29, 1.82) is 0 Å². The highest BCUT2D eigenvalue weighted by molar-refractivity contribution is 5.67. The van der Waals surface area contributed by atoms with E-state index in [9.17, 15) is 4.79 Å². The fraction of sp³-hybridized carbons (Fsp3) is 0.471. The van der Waals surface area contributed by atoms with Crippen molar-refractivity contribution < 1.29 is 9.53 Å². The Morgan fingerprint density at radius 1 is 1.11 bits per heavy atom. The van der Waals surface area contributed by atoms with Gasteiger partial charge in [-0.2, -0.15) is 0 Å². The summed E-state index contributed by atoms with van der Waals surface area (Å²) in [6, 6.07) is 9.86. The largest absolute Gasteiger partial charge is 0.446 e. The van der Waals surface area contributed by atoms with Crippen LogP contribution in [0.2, 0.25) is 0 Å². The highest BCUT2D eigenvalue weighted by Crippen LogP contribution is 2.30. The van der Waals surface area contributed by atoms with Gasteiger partial charge in [0, 0.05) is 12.5 Å². The molecule has 0 aromatic heterocycles. The van der Waals surface area contributed by atoms with Crippen LogP contribution in [-0.4, -0.2) is 11.6 Å². The molecule has 0 aliphatic heterocycles. The smallest absolute Gasteiger partial charge is 0.304 e. The Bertz CT molecular complexity index is 471. The lowest BCUT2D eigenvalue weighted by molar-refractivity contribution is -0.152. The second-order valence-electron chi connectivity index (χ2n) is 5.12. The Kier molecular flexibility index (Phi) is 4.63. The number of ether oxygens (including phenoxy) is 1. The lowest BCUT2D eigenvalue weighted by atomic mass is 9.94. The first-order valence-corrected chi connectivity index (χ1v) is 6.98. The van der Waals surface area contributed by atoms with Crippen molar-refractivity contribution in [2.45, 2.75) is 51.0 Å². The lowest BCUT2D eigenvalue weighted by Gasteiger charge is -2.26. The molecule has 19 heavy (non-hydrogen) atoms. The Morgan fingerprint density at radius 3 is 2.32 bits per heavy atom. The molecule has 100 valence electrons. The van der Waals surface area contributed by atoms with Gasteiger partial charge in [-0.1, -0.05) is 37.0 Å². The summed E-state index contributed by atoms with van der Waals surface area (Å²) in [4.78, 5) is 11.4. The molecule has 0 spiro atoms. The van der Waals surface area contributed by atoms with Gasteiger partial charge in [0.05, 0.1) is 0 Å². The molecule has 1 aromatic carbocycles. The third-order valence-corrected chi connectivity index (χ3v) is 3.46. The van der Waals surface area contributed by atoms with Crippen molar-refractivity contribution in [3.05, 3.63) is 35.9 Å². The molecule has 0 atom stereocenters. The van der Waals surface area contributed by atoms with Gasteiger partial charge < -0.3 is 4.74 Å². The van der Waals surface area contributed by atoms with Crippen LogP contribution in [0.5, 0.6) is 0 Å². The Morgan fingerprint density at radius 2 is 1.74 bits per heavy atom. The maximum Gasteiger partial charge on any atom is 0.304 e. The number of esters is 1. The predicted molar refractivity (Wildman–Crippen MR) is 75.5 cm³/mol. The van der Waals surface area contributed by atoms with Gasteiger partial charge in [0.2, 0.25) is 0 Å². The molecule has 2 heteroatoms. The van der Waals surface area contributed by atoms with E-state index in [-0.39, 0.29) is 5.97 Å². The fourth-order valence-electron chi connectivity index (χ4n) is 2.53. The summed E-state index contributed by atoms with van der Waals surface area (Å²) in [7, 11) is 0. The van der Waals surface area contributed by atoms with Crippen LogP contribution in [0.1, 0.15) is 51.0 Å². The van der Waals surface area contributed by atoms with Gasteiger partial charge in [0.15, 0.2) is 5.60 Å². The van der Waals surface area contributed by atoms with Gasteiger partial charge in [0.25, 0.3) is 0 Å². The zero-order chi connectivity index (χ0) is 13.6. The predicted octanol–water partition coefficient (Wildman–Crippen LogP) is 3.69. The van der Waals surface area contributed by atoms with Crippen LogP contribution in [0.3, 0.4) is 0 Å². The number of hydrogen-bond acceptors (Lipinski definition) is 2. The molecule has 1 fully saturated rings. The first kappa shape index (κ1) is 13.7. The summed E-state index contributed by atoms with van der Waals surface area (Å²) in [5, 5.41) is 0. The minimum atomic E-state index is -0.571. The summed E-state index contributed by atoms with van der Waals surface area (Å²) in [5.41, 5.74) is 0.399. The second kappa shape index (κ2) is 6.43. The van der Waals surface area contributed by atoms with E-state index >= 15 is 0 Å². The van der Waals surface area contributed by atoms with E-state index in [1.165, 1.54) is 19.8 Å². The second-order valence-corrected chi connectivity index (χ2v) is 5.12. The lowest BCUT2D eigenvalue weighted by Crippen LogP contribution is -2.32. The standard InChI is InChI=1S/C17H20O2/c1-15(18)19-17(12-7-2-3-8-13-17)14-11-16-9-5-4-6-10-16/h4-6,9-10H,2-3,7-8,12-13H2,1H3. The van der Waals surface area contributed by atoms with Crippen molar-refractivity contribution >= 4 is 5.97 Å². The molecule has 0 bridgehead atoms. The van der Waals surface area contributed by atoms with E-state index in [2.05, 4.69) is 11.8 Å². The summed E-state index contributed by atoms with van der Waals surface area (Å²) >= 11 is 0. The molecule has 1 aliphatic carbocycles. The summed E-state index contributed by atoms with van der Waals surface area (Å²) in [5.74, 6) is 6.16. The third-order valence-electron chi connectivity index (χ3n) is 3.46. The van der Waals surface area contributed by atoms with E-state index in [1.807, 2.05) is 30.3 Å². The van der Waals surface area contributed by atoms with Gasteiger partial charge in [-0.3, -0.25) is 4.79 Å². The molecule has 0 saturated heterocycles. The summed E-state index contributed by atoms with van der Waals surface area (Å²) in [6.45, 7) is 1.47. The van der Waals surface area contributed by atoms with Crippen molar-refractivity contribution in [3.63, 3.8) is 0 Å². The quantitative estimate of drug-likeness (QED) is 0.435. The number of hydrogen-bond donors (Lipinski definition) is 0. The van der Waals surface area contributed by atoms with Crippen molar-refractivity contribution in [2.24, 2.45) is 0 Å².